The maximum absolute atomic E-state index is 12.2. The van der Waals surface area contributed by atoms with Crippen LogP contribution in [0.15, 0.2) is 10.9 Å². The van der Waals surface area contributed by atoms with Crippen molar-refractivity contribution in [1.82, 2.24) is 15.1 Å². The third-order valence-corrected chi connectivity index (χ3v) is 3.44. The molecule has 0 aromatic carbocycles. The Labute approximate surface area is 133 Å². The van der Waals surface area contributed by atoms with Gasteiger partial charge >= 0.3 is 5.97 Å². The van der Waals surface area contributed by atoms with Crippen molar-refractivity contribution in [1.29, 1.82) is 0 Å². The van der Waals surface area contributed by atoms with Crippen molar-refractivity contribution >= 4 is 11.9 Å². The van der Waals surface area contributed by atoms with E-state index in [1.54, 1.807) is 13.8 Å². The second-order valence-electron chi connectivity index (χ2n) is 5.32. The molecule has 8 heteroatoms. The zero-order valence-corrected chi connectivity index (χ0v) is 13.3. The Kier molecular flexibility index (Phi) is 5.86. The van der Waals surface area contributed by atoms with Gasteiger partial charge in [0.05, 0.1) is 18.4 Å². The van der Waals surface area contributed by atoms with E-state index in [1.165, 1.54) is 6.07 Å². The van der Waals surface area contributed by atoms with E-state index in [4.69, 9.17) is 9.47 Å². The summed E-state index contributed by atoms with van der Waals surface area (Å²) in [6.45, 7) is 4.33. The van der Waals surface area contributed by atoms with Crippen molar-refractivity contribution < 1.29 is 19.1 Å². The van der Waals surface area contributed by atoms with Crippen LogP contribution in [0.25, 0.3) is 0 Å². The monoisotopic (exact) mass is 323 g/mol. The predicted molar refractivity (Wildman–Crippen MR) is 81.2 cm³/mol. The molecule has 1 N–H and O–H groups in total. The van der Waals surface area contributed by atoms with E-state index in [9.17, 15) is 14.4 Å². The minimum absolute atomic E-state index is 0.0243. The number of nitrogens with one attached hydrogen (secondary N) is 1. The van der Waals surface area contributed by atoms with Crippen LogP contribution in [-0.2, 0) is 20.8 Å². The number of aryl methyl sites for hydroxylation is 1. The topological polar surface area (TPSA) is 99.5 Å². The summed E-state index contributed by atoms with van der Waals surface area (Å²) >= 11 is 0. The van der Waals surface area contributed by atoms with Crippen LogP contribution >= 0.6 is 0 Å². The largest absolute Gasteiger partial charge is 0.462 e. The Hall–Kier alpha value is -2.22. The first-order valence-corrected chi connectivity index (χ1v) is 7.65. The Balaban J connectivity index is 2.05. The van der Waals surface area contributed by atoms with Crippen LogP contribution in [0.4, 0.5) is 0 Å². The number of nitrogens with zero attached hydrogens (tertiary/aromatic N) is 2. The smallest absolute Gasteiger partial charge is 0.343 e. The average molecular weight is 323 g/mol. The van der Waals surface area contributed by atoms with E-state index in [2.05, 4.69) is 10.4 Å². The first kappa shape index (κ1) is 17.1. The number of ether oxygens (including phenoxy) is 2. The number of carbonyl (C=O) groups is 2. The summed E-state index contributed by atoms with van der Waals surface area (Å²) in [7, 11) is 0. The zero-order chi connectivity index (χ0) is 16.8. The van der Waals surface area contributed by atoms with Gasteiger partial charge in [-0.2, -0.15) is 5.10 Å². The second-order valence-corrected chi connectivity index (χ2v) is 5.32. The highest BCUT2D eigenvalue weighted by molar-refractivity contribution is 5.89. The number of amides is 1. The van der Waals surface area contributed by atoms with Gasteiger partial charge in [-0.15, -0.1) is 0 Å². The summed E-state index contributed by atoms with van der Waals surface area (Å²) in [6, 6.07) is 1.36. The molecule has 1 aliphatic heterocycles. The summed E-state index contributed by atoms with van der Waals surface area (Å²) < 4.78 is 11.2. The third kappa shape index (κ3) is 4.62. The molecule has 0 unspecified atom stereocenters. The van der Waals surface area contributed by atoms with Gasteiger partial charge in [0.15, 0.2) is 0 Å². The SMILES string of the molecule is CCOC(=O)c1cc(C)nn(CC(=O)NC[C@H]2CCCO2)c1=O. The van der Waals surface area contributed by atoms with Gasteiger partial charge in [-0.1, -0.05) is 0 Å². The number of carbonyl (C=O) groups excluding carboxylic acids is 2. The molecule has 1 aromatic heterocycles. The lowest BCUT2D eigenvalue weighted by atomic mass is 10.2. The molecule has 1 atom stereocenters. The van der Waals surface area contributed by atoms with Gasteiger partial charge in [-0.25, -0.2) is 9.48 Å². The predicted octanol–water partition coefficient (Wildman–Crippen LogP) is 0.0236. The van der Waals surface area contributed by atoms with Gasteiger partial charge in [0.2, 0.25) is 5.91 Å². The lowest BCUT2D eigenvalue weighted by Gasteiger charge is -2.12. The Bertz CT molecular complexity index is 634. The number of hydrogen-bond donors (Lipinski definition) is 1. The Morgan fingerprint density at radius 3 is 2.96 bits per heavy atom. The molecule has 0 bridgehead atoms. The van der Waals surface area contributed by atoms with Crippen molar-refractivity contribution in [2.75, 3.05) is 19.8 Å². The van der Waals surface area contributed by atoms with E-state index < -0.39 is 11.5 Å². The normalized spacial score (nSPS) is 17.0. The number of hydrogen-bond acceptors (Lipinski definition) is 6. The van der Waals surface area contributed by atoms with Gasteiger partial charge in [0, 0.05) is 13.2 Å². The van der Waals surface area contributed by atoms with Crippen LogP contribution in [0, 0.1) is 6.92 Å². The third-order valence-electron chi connectivity index (χ3n) is 3.44. The summed E-state index contributed by atoms with van der Waals surface area (Å²) in [5.74, 6) is -1.06. The molecule has 1 saturated heterocycles. The van der Waals surface area contributed by atoms with Crippen LogP contribution in [0.3, 0.4) is 0 Å². The molecular weight excluding hydrogens is 302 g/mol. The maximum Gasteiger partial charge on any atom is 0.343 e. The number of esters is 1. The molecule has 126 valence electrons. The first-order valence-electron chi connectivity index (χ1n) is 7.65. The lowest BCUT2D eigenvalue weighted by molar-refractivity contribution is -0.122. The minimum atomic E-state index is -0.712. The second kappa shape index (κ2) is 7.87. The highest BCUT2D eigenvalue weighted by atomic mass is 16.5. The fourth-order valence-corrected chi connectivity index (χ4v) is 2.36. The van der Waals surface area contributed by atoms with Gasteiger partial charge < -0.3 is 14.8 Å². The molecular formula is C15H21N3O5. The molecule has 8 nitrogen and oxygen atoms in total. The van der Waals surface area contributed by atoms with Gasteiger partial charge in [0.1, 0.15) is 12.1 Å². The lowest BCUT2D eigenvalue weighted by Crippen LogP contribution is -2.38. The molecule has 1 aromatic rings. The maximum atomic E-state index is 12.2. The first-order chi connectivity index (χ1) is 11.0. The highest BCUT2D eigenvalue weighted by Gasteiger charge is 2.19. The van der Waals surface area contributed by atoms with E-state index >= 15 is 0 Å². The fourth-order valence-electron chi connectivity index (χ4n) is 2.36. The average Bonchev–Trinajstić information content (AvgIpc) is 3.02. The van der Waals surface area contributed by atoms with Crippen molar-refractivity contribution in [2.24, 2.45) is 0 Å². The van der Waals surface area contributed by atoms with E-state index in [1.807, 2.05) is 0 Å². The fraction of sp³-hybridized carbons (Fsp3) is 0.600. The van der Waals surface area contributed by atoms with Crippen LogP contribution in [0.1, 0.15) is 35.8 Å². The molecule has 1 amide bonds. The van der Waals surface area contributed by atoms with Crippen molar-refractivity contribution in [3.8, 4) is 0 Å². The van der Waals surface area contributed by atoms with Gasteiger partial charge in [0.25, 0.3) is 5.56 Å². The van der Waals surface area contributed by atoms with Crippen LogP contribution < -0.4 is 10.9 Å². The van der Waals surface area contributed by atoms with Gasteiger partial charge in [-0.3, -0.25) is 9.59 Å². The number of rotatable bonds is 6. The van der Waals surface area contributed by atoms with Gasteiger partial charge in [-0.05, 0) is 32.8 Å². The Morgan fingerprint density at radius 2 is 2.30 bits per heavy atom. The molecule has 23 heavy (non-hydrogen) atoms. The van der Waals surface area contributed by atoms with Crippen molar-refractivity contribution in [3.63, 3.8) is 0 Å². The summed E-state index contributed by atoms with van der Waals surface area (Å²) in [4.78, 5) is 36.0. The molecule has 0 aliphatic carbocycles. The highest BCUT2D eigenvalue weighted by Crippen LogP contribution is 2.10. The molecule has 2 heterocycles. The zero-order valence-electron chi connectivity index (χ0n) is 13.3. The molecule has 1 aliphatic rings. The summed E-state index contributed by atoms with van der Waals surface area (Å²) in [5.41, 5.74) is -0.299. The molecule has 2 rings (SSSR count). The van der Waals surface area contributed by atoms with Crippen LogP contribution in [0.5, 0.6) is 0 Å². The van der Waals surface area contributed by atoms with E-state index in [0.717, 1.165) is 17.5 Å². The molecule has 0 spiro atoms. The number of aromatic nitrogens is 2. The van der Waals surface area contributed by atoms with E-state index in [-0.39, 0.29) is 30.7 Å². The van der Waals surface area contributed by atoms with Crippen LogP contribution in [-0.4, -0.2) is 47.5 Å². The summed E-state index contributed by atoms with van der Waals surface area (Å²) in [5, 5.41) is 6.71. The minimum Gasteiger partial charge on any atom is -0.462 e. The standard InChI is InChI=1S/C15H21N3O5/c1-3-22-15(21)12-7-10(2)17-18(14(12)20)9-13(19)16-8-11-5-4-6-23-11/h7,11H,3-6,8-9H2,1-2H3,(H,16,19)/t11-/m1/s1. The summed E-state index contributed by atoms with van der Waals surface area (Å²) in [6.07, 6.45) is 1.93. The quantitative estimate of drug-likeness (QED) is 0.741. The Morgan fingerprint density at radius 1 is 1.52 bits per heavy atom. The van der Waals surface area contributed by atoms with E-state index in [0.29, 0.717) is 18.8 Å². The van der Waals surface area contributed by atoms with Crippen LogP contribution in [0.2, 0.25) is 0 Å². The van der Waals surface area contributed by atoms with Crippen molar-refractivity contribution in [2.45, 2.75) is 39.3 Å². The van der Waals surface area contributed by atoms with Crippen molar-refractivity contribution in [3.05, 3.63) is 27.7 Å². The molecule has 0 radical (unpaired) electrons. The molecule has 0 saturated carbocycles. The molecule has 1 fully saturated rings.